The molecule has 8 heteroatoms. The first-order chi connectivity index (χ1) is 15.2. The van der Waals surface area contributed by atoms with Gasteiger partial charge in [-0.25, -0.2) is 4.98 Å². The molecule has 0 radical (unpaired) electrons. The maximum atomic E-state index is 6.04. The minimum absolute atomic E-state index is 0.247. The third-order valence-electron chi connectivity index (χ3n) is 6.63. The Morgan fingerprint density at radius 2 is 1.90 bits per heavy atom. The van der Waals surface area contributed by atoms with Gasteiger partial charge in [-0.2, -0.15) is 0 Å². The van der Waals surface area contributed by atoms with Crippen LogP contribution in [0.25, 0.3) is 16.8 Å². The van der Waals surface area contributed by atoms with E-state index in [2.05, 4.69) is 68.9 Å². The van der Waals surface area contributed by atoms with E-state index in [0.29, 0.717) is 19.1 Å². The molecule has 1 spiro atoms. The fraction of sp³-hybridized carbons (Fsp3) is 0.435. The maximum Gasteiger partial charge on any atom is 0.179 e. The van der Waals surface area contributed by atoms with Gasteiger partial charge in [-0.15, -0.1) is 10.2 Å². The molecule has 1 saturated heterocycles. The summed E-state index contributed by atoms with van der Waals surface area (Å²) in [5.41, 5.74) is 3.98. The summed E-state index contributed by atoms with van der Waals surface area (Å²) in [5.74, 6) is 1.24. The highest BCUT2D eigenvalue weighted by Gasteiger charge is 2.50. The van der Waals surface area contributed by atoms with Crippen LogP contribution in [0.3, 0.4) is 0 Å². The normalized spacial score (nSPS) is 22.9. The average Bonchev–Trinajstić information content (AvgIpc) is 3.56. The first-order valence-electron chi connectivity index (χ1n) is 10.9. The molecule has 1 aliphatic heterocycles. The van der Waals surface area contributed by atoms with Crippen molar-refractivity contribution in [3.63, 3.8) is 0 Å². The quantitative estimate of drug-likeness (QED) is 0.467. The molecule has 31 heavy (non-hydrogen) atoms. The van der Waals surface area contributed by atoms with Crippen molar-refractivity contribution < 1.29 is 9.47 Å². The Kier molecular flexibility index (Phi) is 4.55. The molecule has 6 rings (SSSR count). The molecule has 1 aromatic carbocycles. The van der Waals surface area contributed by atoms with Crippen LogP contribution >= 0.6 is 11.9 Å². The third kappa shape index (κ3) is 3.16. The number of hydrogen-bond acceptors (Lipinski definition) is 6. The van der Waals surface area contributed by atoms with Crippen LogP contribution in [-0.4, -0.2) is 42.6 Å². The SMILES string of the molecule is CCC1CC2(CC1c1nnc3cnc4c(ccn4Sc4ccc(C)cc4)n13)OCCO2. The molecule has 2 aliphatic rings. The van der Waals surface area contributed by atoms with Gasteiger partial charge in [0.05, 0.1) is 24.9 Å². The number of aryl methyl sites for hydroxylation is 1. The van der Waals surface area contributed by atoms with E-state index in [1.54, 1.807) is 11.9 Å². The van der Waals surface area contributed by atoms with Crippen LogP contribution in [0.1, 0.15) is 43.5 Å². The van der Waals surface area contributed by atoms with Crippen LogP contribution in [0.5, 0.6) is 0 Å². The Hall–Kier alpha value is -2.42. The van der Waals surface area contributed by atoms with Gasteiger partial charge in [0.25, 0.3) is 0 Å². The first kappa shape index (κ1) is 19.3. The Balaban J connectivity index is 1.42. The Morgan fingerprint density at radius 3 is 2.68 bits per heavy atom. The molecular weight excluding hydrogens is 410 g/mol. The summed E-state index contributed by atoms with van der Waals surface area (Å²) >= 11 is 1.66. The van der Waals surface area contributed by atoms with E-state index in [1.165, 1.54) is 10.5 Å². The van der Waals surface area contributed by atoms with E-state index >= 15 is 0 Å². The molecule has 3 aromatic heterocycles. The van der Waals surface area contributed by atoms with Gasteiger partial charge >= 0.3 is 0 Å². The fourth-order valence-corrected chi connectivity index (χ4v) is 5.90. The number of aromatic nitrogens is 5. The van der Waals surface area contributed by atoms with Crippen LogP contribution in [0.4, 0.5) is 0 Å². The van der Waals surface area contributed by atoms with E-state index in [-0.39, 0.29) is 5.92 Å². The van der Waals surface area contributed by atoms with E-state index in [1.807, 2.05) is 6.20 Å². The van der Waals surface area contributed by atoms with Crippen molar-refractivity contribution >= 4 is 28.8 Å². The smallest absolute Gasteiger partial charge is 0.179 e. The van der Waals surface area contributed by atoms with Gasteiger partial charge in [-0.3, -0.25) is 8.37 Å². The summed E-state index contributed by atoms with van der Waals surface area (Å²) < 4.78 is 16.4. The van der Waals surface area contributed by atoms with Crippen LogP contribution in [-0.2, 0) is 9.47 Å². The van der Waals surface area contributed by atoms with Crippen LogP contribution in [0, 0.1) is 12.8 Å². The van der Waals surface area contributed by atoms with E-state index in [4.69, 9.17) is 14.5 Å². The van der Waals surface area contributed by atoms with Gasteiger partial charge in [0.1, 0.15) is 5.82 Å². The van der Waals surface area contributed by atoms with Gasteiger partial charge in [0, 0.05) is 29.9 Å². The largest absolute Gasteiger partial charge is 0.347 e. The van der Waals surface area contributed by atoms with Gasteiger partial charge in [-0.1, -0.05) is 31.0 Å². The number of nitrogens with zero attached hydrogens (tertiary/aromatic N) is 5. The zero-order chi connectivity index (χ0) is 21.0. The molecule has 160 valence electrons. The number of fused-ring (bicyclic) bond motifs is 3. The van der Waals surface area contributed by atoms with Crippen molar-refractivity contribution in [3.8, 4) is 0 Å². The molecule has 2 atom stereocenters. The second-order valence-electron chi connectivity index (χ2n) is 8.56. The van der Waals surface area contributed by atoms with Crippen molar-refractivity contribution in [3.05, 3.63) is 54.1 Å². The predicted octanol–water partition coefficient (Wildman–Crippen LogP) is 4.59. The molecule has 2 unspecified atom stereocenters. The summed E-state index contributed by atoms with van der Waals surface area (Å²) in [7, 11) is 0. The molecule has 4 aromatic rings. The predicted molar refractivity (Wildman–Crippen MR) is 119 cm³/mol. The first-order valence-corrected chi connectivity index (χ1v) is 11.7. The van der Waals surface area contributed by atoms with Crippen molar-refractivity contribution in [2.45, 2.75) is 49.7 Å². The zero-order valence-corrected chi connectivity index (χ0v) is 18.5. The summed E-state index contributed by atoms with van der Waals surface area (Å²) in [4.78, 5) is 5.88. The lowest BCUT2D eigenvalue weighted by Crippen LogP contribution is -2.26. The number of hydrogen-bond donors (Lipinski definition) is 0. The number of rotatable bonds is 4. The van der Waals surface area contributed by atoms with Gasteiger partial charge in [0.2, 0.25) is 0 Å². The molecular formula is C23H25N5O2S. The van der Waals surface area contributed by atoms with Crippen LogP contribution < -0.4 is 0 Å². The zero-order valence-electron chi connectivity index (χ0n) is 17.7. The number of benzene rings is 1. The molecule has 0 bridgehead atoms. The van der Waals surface area contributed by atoms with E-state index < -0.39 is 5.79 Å². The van der Waals surface area contributed by atoms with Crippen LogP contribution in [0.15, 0.2) is 47.6 Å². The molecule has 1 aliphatic carbocycles. The van der Waals surface area contributed by atoms with Gasteiger partial charge < -0.3 is 9.47 Å². The topological polar surface area (TPSA) is 66.5 Å². The number of ether oxygens (including phenoxy) is 2. The third-order valence-corrected chi connectivity index (χ3v) is 7.60. The summed E-state index contributed by atoms with van der Waals surface area (Å²) in [6, 6.07) is 10.6. The standard InChI is InChI=1S/C23H25N5O2S/c1-3-16-12-23(29-10-11-30-23)13-18(16)21-26-25-20-14-24-22-19(28(20)21)8-9-27(22)31-17-6-4-15(2)5-7-17/h4-9,14,16,18H,3,10-13H2,1-2H3. The van der Waals surface area contributed by atoms with Crippen molar-refractivity contribution in [2.24, 2.45) is 5.92 Å². The second kappa shape index (κ2) is 7.32. The monoisotopic (exact) mass is 435 g/mol. The van der Waals surface area contributed by atoms with Gasteiger partial charge in [-0.05, 0) is 43.0 Å². The highest BCUT2D eigenvalue weighted by Crippen LogP contribution is 2.50. The van der Waals surface area contributed by atoms with Crippen molar-refractivity contribution in [1.29, 1.82) is 0 Å². The second-order valence-corrected chi connectivity index (χ2v) is 9.60. The summed E-state index contributed by atoms with van der Waals surface area (Å²) in [5, 5.41) is 9.08. The van der Waals surface area contributed by atoms with E-state index in [9.17, 15) is 0 Å². The molecule has 7 nitrogen and oxygen atoms in total. The lowest BCUT2D eigenvalue weighted by atomic mass is 9.93. The fourth-order valence-electron chi connectivity index (χ4n) is 5.07. The summed E-state index contributed by atoms with van der Waals surface area (Å²) in [6.45, 7) is 5.69. The molecule has 0 amide bonds. The van der Waals surface area contributed by atoms with Crippen molar-refractivity contribution in [1.82, 2.24) is 23.6 Å². The molecule has 0 N–H and O–H groups in total. The van der Waals surface area contributed by atoms with Crippen molar-refractivity contribution in [2.75, 3.05) is 13.2 Å². The minimum atomic E-state index is -0.448. The Bertz CT molecular complexity index is 1240. The van der Waals surface area contributed by atoms with E-state index in [0.717, 1.165) is 41.9 Å². The lowest BCUT2D eigenvalue weighted by molar-refractivity contribution is -0.153. The highest BCUT2D eigenvalue weighted by molar-refractivity contribution is 7.98. The van der Waals surface area contributed by atoms with Crippen LogP contribution in [0.2, 0.25) is 0 Å². The Morgan fingerprint density at radius 1 is 1.10 bits per heavy atom. The molecule has 1 saturated carbocycles. The lowest BCUT2D eigenvalue weighted by Gasteiger charge is -2.21. The minimum Gasteiger partial charge on any atom is -0.347 e. The maximum absolute atomic E-state index is 6.04. The molecule has 2 fully saturated rings. The Labute approximate surface area is 184 Å². The van der Waals surface area contributed by atoms with Gasteiger partial charge in [0.15, 0.2) is 17.1 Å². The highest BCUT2D eigenvalue weighted by atomic mass is 32.2. The average molecular weight is 436 g/mol. The molecule has 4 heterocycles. The summed E-state index contributed by atoms with van der Waals surface area (Å²) in [6.07, 6.45) is 6.70.